The summed E-state index contributed by atoms with van der Waals surface area (Å²) in [4.78, 5) is 32.8. The van der Waals surface area contributed by atoms with Crippen LogP contribution in [0, 0.1) is 5.92 Å². The molecule has 2 heterocycles. The summed E-state index contributed by atoms with van der Waals surface area (Å²) in [6.07, 6.45) is 4.65. The zero-order valence-corrected chi connectivity index (χ0v) is 21.6. The van der Waals surface area contributed by atoms with Crippen LogP contribution in [0.5, 0.6) is 0 Å². The predicted octanol–water partition coefficient (Wildman–Crippen LogP) is 5.37. The maximum Gasteiger partial charge on any atom is 0.411 e. The molecule has 0 spiro atoms. The molecule has 0 aliphatic heterocycles. The van der Waals surface area contributed by atoms with Gasteiger partial charge in [-0.05, 0) is 67.5 Å². The van der Waals surface area contributed by atoms with Crippen molar-refractivity contribution in [3.8, 4) is 0 Å². The van der Waals surface area contributed by atoms with Gasteiger partial charge in [0.15, 0.2) is 0 Å². The topological polar surface area (TPSA) is 110 Å². The molecule has 194 valence electrons. The van der Waals surface area contributed by atoms with Gasteiger partial charge in [0.2, 0.25) is 5.91 Å². The largest absolute Gasteiger partial charge is 0.465 e. The van der Waals surface area contributed by atoms with Crippen LogP contribution in [-0.4, -0.2) is 46.7 Å². The number of rotatable bonds is 8. The van der Waals surface area contributed by atoms with Crippen molar-refractivity contribution in [2.24, 2.45) is 5.92 Å². The van der Waals surface area contributed by atoms with E-state index in [1.807, 2.05) is 48.7 Å². The quantitative estimate of drug-likeness (QED) is 0.249. The summed E-state index contributed by atoms with van der Waals surface area (Å²) < 4.78 is 0. The number of fused-ring (bicyclic) bond motifs is 3. The number of carboxylic acid groups (broad SMARTS) is 1. The molecule has 1 aliphatic rings. The molecule has 5 rings (SSSR count). The Kier molecular flexibility index (Phi) is 8.18. The molecule has 8 nitrogen and oxygen atoms in total. The van der Waals surface area contributed by atoms with Crippen LogP contribution in [0.4, 0.5) is 16.2 Å². The van der Waals surface area contributed by atoms with E-state index in [0.29, 0.717) is 31.2 Å². The number of benzene rings is 2. The number of para-hydroxylation sites is 1. The van der Waals surface area contributed by atoms with Crippen LogP contribution < -0.4 is 15.5 Å². The highest BCUT2D eigenvalue weighted by atomic mass is 35.5. The lowest BCUT2D eigenvalue weighted by molar-refractivity contribution is -0.119. The second-order valence-corrected chi connectivity index (χ2v) is 9.42. The number of nitrogens with zero attached hydrogens (tertiary/aromatic N) is 2. The molecule has 0 saturated carbocycles. The molecule has 0 fully saturated rings. The Morgan fingerprint density at radius 1 is 1.16 bits per heavy atom. The van der Waals surface area contributed by atoms with Crippen molar-refractivity contribution in [1.82, 2.24) is 15.3 Å². The molecule has 9 heteroatoms. The maximum atomic E-state index is 12.1. The van der Waals surface area contributed by atoms with E-state index in [9.17, 15) is 14.7 Å². The number of amides is 2. The first-order chi connectivity index (χ1) is 17.5. The first-order valence-electron chi connectivity index (χ1n) is 12.5. The SMILES string of the molecule is CC(=O)NCCC1CCc2c(nc3ccccc3c2NCCN(C(=O)O)c2ccc3[nH]ccc3c2)C1.Cl. The maximum absolute atomic E-state index is 12.1. The molecule has 0 bridgehead atoms. The zero-order chi connectivity index (χ0) is 25.1. The van der Waals surface area contributed by atoms with Gasteiger partial charge in [0.25, 0.3) is 0 Å². The van der Waals surface area contributed by atoms with Crippen molar-refractivity contribution in [3.05, 3.63) is 66.0 Å². The number of H-pyrrole nitrogens is 1. The van der Waals surface area contributed by atoms with Gasteiger partial charge in [0.05, 0.1) is 5.52 Å². The van der Waals surface area contributed by atoms with E-state index >= 15 is 0 Å². The average Bonchev–Trinajstić information content (AvgIpc) is 3.33. The Bertz CT molecular complexity index is 1420. The normalized spacial score (nSPS) is 14.6. The number of anilines is 2. The van der Waals surface area contributed by atoms with E-state index < -0.39 is 6.09 Å². The summed E-state index contributed by atoms with van der Waals surface area (Å²) in [6.45, 7) is 3.03. The summed E-state index contributed by atoms with van der Waals surface area (Å²) in [7, 11) is 0. The van der Waals surface area contributed by atoms with Gasteiger partial charge < -0.3 is 20.7 Å². The van der Waals surface area contributed by atoms with Gasteiger partial charge in [-0.1, -0.05) is 18.2 Å². The van der Waals surface area contributed by atoms with E-state index in [2.05, 4.69) is 21.7 Å². The minimum Gasteiger partial charge on any atom is -0.465 e. The van der Waals surface area contributed by atoms with Crippen LogP contribution in [0.25, 0.3) is 21.8 Å². The van der Waals surface area contributed by atoms with Crippen molar-refractivity contribution >= 4 is 57.6 Å². The Hall–Kier alpha value is -3.78. The van der Waals surface area contributed by atoms with Gasteiger partial charge in [-0.15, -0.1) is 12.4 Å². The molecule has 4 N–H and O–H groups in total. The first-order valence-corrected chi connectivity index (χ1v) is 12.5. The number of aromatic amines is 1. The van der Waals surface area contributed by atoms with Crippen LogP contribution in [-0.2, 0) is 17.6 Å². The van der Waals surface area contributed by atoms with Crippen molar-refractivity contribution < 1.29 is 14.7 Å². The Labute approximate surface area is 221 Å². The third-order valence-corrected chi connectivity index (χ3v) is 7.01. The van der Waals surface area contributed by atoms with Crippen molar-refractivity contribution in [2.75, 3.05) is 29.9 Å². The minimum absolute atomic E-state index is 0. The van der Waals surface area contributed by atoms with Crippen LogP contribution in [0.15, 0.2) is 54.7 Å². The number of aromatic nitrogens is 2. The zero-order valence-electron chi connectivity index (χ0n) is 20.8. The Balaban J connectivity index is 0.00000320. The fraction of sp³-hybridized carbons (Fsp3) is 0.321. The third kappa shape index (κ3) is 5.80. The fourth-order valence-electron chi connectivity index (χ4n) is 5.20. The molecule has 0 saturated heterocycles. The molecule has 4 aromatic rings. The summed E-state index contributed by atoms with van der Waals surface area (Å²) in [6, 6.07) is 15.7. The van der Waals surface area contributed by atoms with E-state index in [0.717, 1.165) is 58.9 Å². The number of carbonyl (C=O) groups excluding carboxylic acids is 1. The summed E-state index contributed by atoms with van der Waals surface area (Å²) >= 11 is 0. The van der Waals surface area contributed by atoms with Gasteiger partial charge in [0, 0.05) is 66.1 Å². The molecule has 1 aliphatic carbocycles. The van der Waals surface area contributed by atoms with E-state index in [1.165, 1.54) is 10.5 Å². The lowest BCUT2D eigenvalue weighted by Crippen LogP contribution is -2.34. The van der Waals surface area contributed by atoms with Gasteiger partial charge in [-0.3, -0.25) is 14.7 Å². The van der Waals surface area contributed by atoms with Crippen LogP contribution in [0.1, 0.15) is 31.0 Å². The number of hydrogen-bond acceptors (Lipinski definition) is 4. The minimum atomic E-state index is -0.977. The summed E-state index contributed by atoms with van der Waals surface area (Å²) in [5, 5.41) is 18.4. The molecule has 0 radical (unpaired) electrons. The van der Waals surface area contributed by atoms with Gasteiger partial charge in [-0.25, -0.2) is 4.79 Å². The fourth-order valence-corrected chi connectivity index (χ4v) is 5.20. The highest BCUT2D eigenvalue weighted by Crippen LogP contribution is 2.36. The van der Waals surface area contributed by atoms with Crippen LogP contribution in [0.3, 0.4) is 0 Å². The number of hydrogen-bond donors (Lipinski definition) is 4. The molecule has 1 atom stereocenters. The first kappa shape index (κ1) is 26.3. The predicted molar refractivity (Wildman–Crippen MR) is 150 cm³/mol. The van der Waals surface area contributed by atoms with Crippen molar-refractivity contribution in [2.45, 2.75) is 32.6 Å². The van der Waals surface area contributed by atoms with Crippen LogP contribution >= 0.6 is 12.4 Å². The molecule has 37 heavy (non-hydrogen) atoms. The van der Waals surface area contributed by atoms with Gasteiger partial charge >= 0.3 is 6.09 Å². The number of halogens is 1. The van der Waals surface area contributed by atoms with Gasteiger partial charge in [0.1, 0.15) is 0 Å². The molecular formula is C28H32ClN5O3. The summed E-state index contributed by atoms with van der Waals surface area (Å²) in [5.74, 6) is 0.488. The molecule has 1 unspecified atom stereocenters. The molecular weight excluding hydrogens is 490 g/mol. The second kappa shape index (κ2) is 11.5. The van der Waals surface area contributed by atoms with E-state index in [4.69, 9.17) is 4.98 Å². The Morgan fingerprint density at radius 3 is 2.81 bits per heavy atom. The highest BCUT2D eigenvalue weighted by molar-refractivity contribution is 5.94. The number of carbonyl (C=O) groups is 2. The monoisotopic (exact) mass is 521 g/mol. The van der Waals surface area contributed by atoms with Crippen LogP contribution in [0.2, 0.25) is 0 Å². The highest BCUT2D eigenvalue weighted by Gasteiger charge is 2.24. The van der Waals surface area contributed by atoms with E-state index in [-0.39, 0.29) is 18.3 Å². The lowest BCUT2D eigenvalue weighted by atomic mass is 9.83. The van der Waals surface area contributed by atoms with Crippen molar-refractivity contribution in [1.29, 1.82) is 0 Å². The van der Waals surface area contributed by atoms with E-state index in [1.54, 1.807) is 6.92 Å². The third-order valence-electron chi connectivity index (χ3n) is 7.01. The van der Waals surface area contributed by atoms with Gasteiger partial charge in [-0.2, -0.15) is 0 Å². The second-order valence-electron chi connectivity index (χ2n) is 9.42. The lowest BCUT2D eigenvalue weighted by Gasteiger charge is -2.28. The van der Waals surface area contributed by atoms with Crippen molar-refractivity contribution in [3.63, 3.8) is 0 Å². The number of nitrogens with one attached hydrogen (secondary N) is 3. The Morgan fingerprint density at radius 2 is 2.00 bits per heavy atom. The average molecular weight is 522 g/mol. The molecule has 2 aromatic carbocycles. The molecule has 2 aromatic heterocycles. The number of pyridine rings is 1. The standard InChI is InChI=1S/C28H31N5O3.ClH/c1-18(34)29-12-10-19-6-8-23-26(16-19)32-25-5-3-2-4-22(25)27(23)31-14-15-33(28(35)36)21-7-9-24-20(17-21)11-13-30-24;/h2-5,7,9,11,13,17,19,30H,6,8,10,12,14-16H2,1H3,(H,29,34)(H,31,32)(H,35,36);1H. The smallest absolute Gasteiger partial charge is 0.411 e. The summed E-state index contributed by atoms with van der Waals surface area (Å²) in [5.41, 5.74) is 5.95. The molecule has 2 amide bonds.